The number of aromatic nitrogens is 1. The first kappa shape index (κ1) is 18.2. The van der Waals surface area contributed by atoms with E-state index >= 15 is 0 Å². The SMILES string of the molecule is Cc1ccccc1[C@@H]1c2cccn2CCN1C(=O)CCC(=O)NC(C)C. The van der Waals surface area contributed by atoms with E-state index in [-0.39, 0.29) is 36.7 Å². The second-order valence-electron chi connectivity index (χ2n) is 7.19. The van der Waals surface area contributed by atoms with Crippen molar-refractivity contribution < 1.29 is 9.59 Å². The summed E-state index contributed by atoms with van der Waals surface area (Å²) in [4.78, 5) is 26.8. The van der Waals surface area contributed by atoms with Crippen LogP contribution in [0.3, 0.4) is 0 Å². The predicted octanol–water partition coefficient (Wildman–Crippen LogP) is 3.03. The Morgan fingerprint density at radius 3 is 2.62 bits per heavy atom. The molecule has 138 valence electrons. The molecule has 2 heterocycles. The molecule has 5 nitrogen and oxygen atoms in total. The molecule has 1 aromatic carbocycles. The number of amides is 2. The van der Waals surface area contributed by atoms with Crippen LogP contribution in [0.1, 0.15) is 49.6 Å². The second kappa shape index (κ2) is 7.77. The van der Waals surface area contributed by atoms with Crippen LogP contribution in [0.25, 0.3) is 0 Å². The predicted molar refractivity (Wildman–Crippen MR) is 102 cm³/mol. The number of rotatable bonds is 5. The Labute approximate surface area is 155 Å². The lowest BCUT2D eigenvalue weighted by molar-refractivity contribution is -0.136. The van der Waals surface area contributed by atoms with E-state index in [2.05, 4.69) is 41.2 Å². The van der Waals surface area contributed by atoms with Gasteiger partial charge in [-0.1, -0.05) is 24.3 Å². The van der Waals surface area contributed by atoms with Crippen LogP contribution in [0.15, 0.2) is 42.6 Å². The molecule has 1 atom stereocenters. The number of aryl methyl sites for hydroxylation is 1. The Hall–Kier alpha value is -2.56. The third-order valence-corrected chi connectivity index (χ3v) is 4.86. The van der Waals surface area contributed by atoms with Crippen molar-refractivity contribution in [1.29, 1.82) is 0 Å². The number of carbonyl (C=O) groups is 2. The zero-order valence-electron chi connectivity index (χ0n) is 15.7. The number of hydrogen-bond donors (Lipinski definition) is 1. The van der Waals surface area contributed by atoms with Gasteiger partial charge < -0.3 is 14.8 Å². The highest BCUT2D eigenvalue weighted by Crippen LogP contribution is 2.34. The first-order chi connectivity index (χ1) is 12.5. The molecule has 1 aliphatic heterocycles. The van der Waals surface area contributed by atoms with E-state index in [0.717, 1.165) is 17.8 Å². The maximum absolute atomic E-state index is 13.0. The van der Waals surface area contributed by atoms with Crippen LogP contribution < -0.4 is 5.32 Å². The van der Waals surface area contributed by atoms with Crippen molar-refractivity contribution in [2.24, 2.45) is 0 Å². The normalized spacial score (nSPS) is 16.5. The van der Waals surface area contributed by atoms with Crippen molar-refractivity contribution in [2.75, 3.05) is 6.54 Å². The molecule has 1 N–H and O–H groups in total. The minimum absolute atomic E-state index is 0.0320. The van der Waals surface area contributed by atoms with Crippen molar-refractivity contribution in [3.8, 4) is 0 Å². The molecule has 1 aromatic heterocycles. The summed E-state index contributed by atoms with van der Waals surface area (Å²) >= 11 is 0. The van der Waals surface area contributed by atoms with Gasteiger partial charge in [-0.05, 0) is 44.0 Å². The average molecular weight is 353 g/mol. The number of hydrogen-bond acceptors (Lipinski definition) is 2. The monoisotopic (exact) mass is 353 g/mol. The van der Waals surface area contributed by atoms with Crippen molar-refractivity contribution in [1.82, 2.24) is 14.8 Å². The van der Waals surface area contributed by atoms with Crippen molar-refractivity contribution in [3.05, 3.63) is 59.4 Å². The Balaban J connectivity index is 1.82. The number of fused-ring (bicyclic) bond motifs is 1. The molecule has 0 unspecified atom stereocenters. The van der Waals surface area contributed by atoms with Crippen molar-refractivity contribution in [3.63, 3.8) is 0 Å². The van der Waals surface area contributed by atoms with Crippen LogP contribution in [0.2, 0.25) is 0 Å². The molecule has 0 saturated heterocycles. The molecular formula is C21H27N3O2. The van der Waals surface area contributed by atoms with Gasteiger partial charge in [0.1, 0.15) is 0 Å². The number of nitrogens with one attached hydrogen (secondary N) is 1. The van der Waals surface area contributed by atoms with E-state index < -0.39 is 0 Å². The van der Waals surface area contributed by atoms with Crippen molar-refractivity contribution in [2.45, 2.75) is 52.2 Å². The first-order valence-corrected chi connectivity index (χ1v) is 9.26. The van der Waals surface area contributed by atoms with Gasteiger partial charge >= 0.3 is 0 Å². The van der Waals surface area contributed by atoms with Gasteiger partial charge in [-0.25, -0.2) is 0 Å². The summed E-state index contributed by atoms with van der Waals surface area (Å²) in [6.45, 7) is 7.37. The largest absolute Gasteiger partial charge is 0.354 e. The highest BCUT2D eigenvalue weighted by Gasteiger charge is 2.32. The fraction of sp³-hybridized carbons (Fsp3) is 0.429. The van der Waals surface area contributed by atoms with Gasteiger partial charge in [-0.3, -0.25) is 9.59 Å². The molecule has 2 amide bonds. The number of benzene rings is 1. The Bertz CT molecular complexity index is 794. The fourth-order valence-corrected chi connectivity index (χ4v) is 3.63. The smallest absolute Gasteiger partial charge is 0.223 e. The molecule has 0 fully saturated rings. The van der Waals surface area contributed by atoms with Crippen molar-refractivity contribution >= 4 is 11.8 Å². The third kappa shape index (κ3) is 3.82. The van der Waals surface area contributed by atoms with E-state index in [1.165, 1.54) is 5.56 Å². The van der Waals surface area contributed by atoms with Gasteiger partial charge in [0.05, 0.1) is 6.04 Å². The summed E-state index contributed by atoms with van der Waals surface area (Å²) in [5.74, 6) is -0.0363. The summed E-state index contributed by atoms with van der Waals surface area (Å²) in [6, 6.07) is 12.3. The summed E-state index contributed by atoms with van der Waals surface area (Å²) in [6.07, 6.45) is 2.54. The van der Waals surface area contributed by atoms with Crippen LogP contribution in [0.5, 0.6) is 0 Å². The molecule has 0 spiro atoms. The minimum Gasteiger partial charge on any atom is -0.354 e. The standard InChI is InChI=1S/C21H27N3O2/c1-15(2)22-19(25)10-11-20(26)24-14-13-23-12-6-9-18(23)21(24)17-8-5-4-7-16(17)3/h4-9,12,15,21H,10-11,13-14H2,1-3H3,(H,22,25)/t21-/m1/s1. The summed E-state index contributed by atoms with van der Waals surface area (Å²) in [5.41, 5.74) is 3.44. The lowest BCUT2D eigenvalue weighted by atomic mass is 9.95. The van der Waals surface area contributed by atoms with Gasteiger partial charge in [0.15, 0.2) is 0 Å². The van der Waals surface area contributed by atoms with Crippen LogP contribution >= 0.6 is 0 Å². The Morgan fingerprint density at radius 2 is 1.88 bits per heavy atom. The zero-order valence-corrected chi connectivity index (χ0v) is 15.7. The summed E-state index contributed by atoms with van der Waals surface area (Å²) in [5, 5.41) is 2.85. The molecule has 0 aliphatic carbocycles. The van der Waals surface area contributed by atoms with Crippen LogP contribution in [-0.2, 0) is 16.1 Å². The maximum Gasteiger partial charge on any atom is 0.223 e. The average Bonchev–Trinajstić information content (AvgIpc) is 3.07. The molecule has 5 heteroatoms. The molecule has 3 rings (SSSR count). The quantitative estimate of drug-likeness (QED) is 0.898. The van der Waals surface area contributed by atoms with Crippen LogP contribution in [0, 0.1) is 6.92 Å². The van der Waals surface area contributed by atoms with Gasteiger partial charge in [0.2, 0.25) is 11.8 Å². The van der Waals surface area contributed by atoms with Crippen LogP contribution in [-0.4, -0.2) is 33.9 Å². The molecule has 1 aliphatic rings. The van der Waals surface area contributed by atoms with E-state index in [1.807, 2.05) is 36.9 Å². The van der Waals surface area contributed by atoms with Gasteiger partial charge in [-0.2, -0.15) is 0 Å². The zero-order chi connectivity index (χ0) is 18.7. The fourth-order valence-electron chi connectivity index (χ4n) is 3.63. The lowest BCUT2D eigenvalue weighted by Gasteiger charge is -2.38. The summed E-state index contributed by atoms with van der Waals surface area (Å²) < 4.78 is 2.21. The summed E-state index contributed by atoms with van der Waals surface area (Å²) in [7, 11) is 0. The van der Waals surface area contributed by atoms with Crippen LogP contribution in [0.4, 0.5) is 0 Å². The number of carbonyl (C=O) groups excluding carboxylic acids is 2. The second-order valence-corrected chi connectivity index (χ2v) is 7.19. The minimum atomic E-state index is -0.0967. The Morgan fingerprint density at radius 1 is 1.12 bits per heavy atom. The van der Waals surface area contributed by atoms with Gasteiger partial charge in [0, 0.05) is 43.9 Å². The van der Waals surface area contributed by atoms with E-state index in [9.17, 15) is 9.59 Å². The lowest BCUT2D eigenvalue weighted by Crippen LogP contribution is -2.43. The number of nitrogens with zero attached hydrogens (tertiary/aromatic N) is 2. The molecular weight excluding hydrogens is 326 g/mol. The maximum atomic E-state index is 13.0. The van der Waals surface area contributed by atoms with E-state index in [0.29, 0.717) is 6.54 Å². The van der Waals surface area contributed by atoms with E-state index in [1.54, 1.807) is 0 Å². The highest BCUT2D eigenvalue weighted by molar-refractivity contribution is 5.84. The highest BCUT2D eigenvalue weighted by atomic mass is 16.2. The first-order valence-electron chi connectivity index (χ1n) is 9.26. The molecule has 2 aromatic rings. The Kier molecular flexibility index (Phi) is 5.45. The topological polar surface area (TPSA) is 54.3 Å². The molecule has 26 heavy (non-hydrogen) atoms. The third-order valence-electron chi connectivity index (χ3n) is 4.86. The van der Waals surface area contributed by atoms with Gasteiger partial charge in [0.25, 0.3) is 0 Å². The van der Waals surface area contributed by atoms with E-state index in [4.69, 9.17) is 0 Å². The molecule has 0 radical (unpaired) electrons. The van der Waals surface area contributed by atoms with Gasteiger partial charge in [-0.15, -0.1) is 0 Å². The molecule has 0 saturated carbocycles. The molecule has 0 bridgehead atoms.